The second-order valence-electron chi connectivity index (χ2n) is 7.88. The van der Waals surface area contributed by atoms with Gasteiger partial charge in [0.1, 0.15) is 5.75 Å². The van der Waals surface area contributed by atoms with Crippen molar-refractivity contribution in [3.8, 4) is 5.75 Å². The fourth-order valence-electron chi connectivity index (χ4n) is 3.98. The number of ether oxygens (including phenoxy) is 1. The van der Waals surface area contributed by atoms with Gasteiger partial charge < -0.3 is 14.5 Å². The van der Waals surface area contributed by atoms with Gasteiger partial charge in [-0.15, -0.1) is 0 Å². The van der Waals surface area contributed by atoms with Crippen molar-refractivity contribution in [2.75, 3.05) is 31.1 Å². The topological polar surface area (TPSA) is 32.8 Å². The van der Waals surface area contributed by atoms with E-state index in [1.807, 2.05) is 54.3 Å². The number of carbonyl (C=O) groups excluding carboxylic acids is 1. The van der Waals surface area contributed by atoms with Crippen LogP contribution >= 0.6 is 0 Å². The van der Waals surface area contributed by atoms with E-state index in [4.69, 9.17) is 4.74 Å². The van der Waals surface area contributed by atoms with Crippen molar-refractivity contribution in [1.82, 2.24) is 4.90 Å². The first-order valence-electron chi connectivity index (χ1n) is 10.7. The summed E-state index contributed by atoms with van der Waals surface area (Å²) in [6.07, 6.45) is -4.45. The van der Waals surface area contributed by atoms with E-state index in [9.17, 15) is 18.0 Å². The van der Waals surface area contributed by atoms with Crippen LogP contribution in [0.5, 0.6) is 5.75 Å². The molecular weight excluding hydrogens is 417 g/mol. The Morgan fingerprint density at radius 3 is 2.34 bits per heavy atom. The second-order valence-corrected chi connectivity index (χ2v) is 7.88. The molecule has 0 aromatic heterocycles. The Bertz CT molecular complexity index is 1090. The Labute approximate surface area is 185 Å². The highest BCUT2D eigenvalue weighted by atomic mass is 19.4. The van der Waals surface area contributed by atoms with Crippen molar-refractivity contribution in [3.05, 3.63) is 72.3 Å². The molecule has 3 aromatic rings. The largest absolute Gasteiger partial charge is 0.481 e. The minimum absolute atomic E-state index is 0.0932. The van der Waals surface area contributed by atoms with Crippen LogP contribution in [-0.2, 0) is 11.0 Å². The molecule has 0 N–H and O–H groups in total. The molecule has 32 heavy (non-hydrogen) atoms. The van der Waals surface area contributed by atoms with Gasteiger partial charge >= 0.3 is 6.18 Å². The van der Waals surface area contributed by atoms with E-state index in [0.29, 0.717) is 44.0 Å². The normalized spacial score (nSPS) is 15.6. The second kappa shape index (κ2) is 9.10. The molecule has 0 bridgehead atoms. The first-order chi connectivity index (χ1) is 15.3. The Kier molecular flexibility index (Phi) is 6.26. The lowest BCUT2D eigenvalue weighted by molar-refractivity contribution is -0.139. The molecule has 0 radical (unpaired) electrons. The lowest BCUT2D eigenvalue weighted by atomic mass is 10.1. The lowest BCUT2D eigenvalue weighted by Crippen LogP contribution is -2.52. The molecule has 7 heteroatoms. The number of rotatable bonds is 5. The van der Waals surface area contributed by atoms with Gasteiger partial charge in [-0.2, -0.15) is 13.2 Å². The Balaban J connectivity index is 1.39. The van der Waals surface area contributed by atoms with Crippen LogP contribution in [0.4, 0.5) is 18.9 Å². The van der Waals surface area contributed by atoms with Crippen molar-refractivity contribution in [2.24, 2.45) is 0 Å². The molecule has 1 fully saturated rings. The summed E-state index contributed by atoms with van der Waals surface area (Å²) in [5.41, 5.74) is -0.144. The molecule has 1 atom stereocenters. The number of benzene rings is 3. The highest BCUT2D eigenvalue weighted by Gasteiger charge is 2.32. The summed E-state index contributed by atoms with van der Waals surface area (Å²) < 4.78 is 45.1. The molecule has 168 valence electrons. The molecule has 0 saturated carbocycles. The van der Waals surface area contributed by atoms with Crippen LogP contribution in [0.2, 0.25) is 0 Å². The maximum atomic E-state index is 13.1. The van der Waals surface area contributed by atoms with Gasteiger partial charge in [0.05, 0.1) is 5.56 Å². The first kappa shape index (κ1) is 22.0. The van der Waals surface area contributed by atoms with Gasteiger partial charge in [0.15, 0.2) is 6.10 Å². The number of piperazine rings is 1. The molecule has 1 heterocycles. The van der Waals surface area contributed by atoms with Crippen molar-refractivity contribution in [3.63, 3.8) is 0 Å². The van der Waals surface area contributed by atoms with E-state index in [1.165, 1.54) is 6.07 Å². The number of halogens is 3. The van der Waals surface area contributed by atoms with Crippen molar-refractivity contribution < 1.29 is 22.7 Å². The van der Waals surface area contributed by atoms with Crippen LogP contribution in [0.25, 0.3) is 10.8 Å². The van der Waals surface area contributed by atoms with Crippen molar-refractivity contribution in [1.29, 1.82) is 0 Å². The van der Waals surface area contributed by atoms with E-state index in [-0.39, 0.29) is 5.91 Å². The number of amides is 1. The Morgan fingerprint density at radius 2 is 1.66 bits per heavy atom. The predicted molar refractivity (Wildman–Crippen MR) is 119 cm³/mol. The molecule has 3 aromatic carbocycles. The summed E-state index contributed by atoms with van der Waals surface area (Å²) >= 11 is 0. The minimum atomic E-state index is -4.37. The number of nitrogens with zero attached hydrogens (tertiary/aromatic N) is 2. The van der Waals surface area contributed by atoms with E-state index in [0.717, 1.165) is 22.9 Å². The first-order valence-corrected chi connectivity index (χ1v) is 10.7. The van der Waals surface area contributed by atoms with Crippen LogP contribution in [-0.4, -0.2) is 43.1 Å². The summed E-state index contributed by atoms with van der Waals surface area (Å²) in [4.78, 5) is 16.7. The van der Waals surface area contributed by atoms with Crippen LogP contribution in [0.3, 0.4) is 0 Å². The predicted octanol–water partition coefficient (Wildman–Crippen LogP) is 5.36. The van der Waals surface area contributed by atoms with Gasteiger partial charge in [-0.05, 0) is 47.5 Å². The van der Waals surface area contributed by atoms with Crippen molar-refractivity contribution in [2.45, 2.75) is 25.6 Å². The van der Waals surface area contributed by atoms with Gasteiger partial charge in [0.25, 0.3) is 5.91 Å². The van der Waals surface area contributed by atoms with Crippen LogP contribution in [0.1, 0.15) is 18.9 Å². The Hall–Kier alpha value is -3.22. The Morgan fingerprint density at radius 1 is 0.938 bits per heavy atom. The van der Waals surface area contributed by atoms with Gasteiger partial charge in [-0.3, -0.25) is 4.79 Å². The molecule has 4 nitrogen and oxygen atoms in total. The molecule has 0 spiro atoms. The molecule has 1 aliphatic heterocycles. The van der Waals surface area contributed by atoms with Gasteiger partial charge in [0.2, 0.25) is 0 Å². The zero-order valence-electron chi connectivity index (χ0n) is 17.8. The number of alkyl halides is 3. The van der Waals surface area contributed by atoms with E-state index in [2.05, 4.69) is 0 Å². The standard InChI is InChI=1S/C25H25F3N2O2/c1-2-23(32-22-11-10-18-6-3-4-7-19(18)16-22)24(31)30-14-12-29(13-15-30)21-9-5-8-20(17-21)25(26,27)28/h3-11,16-17,23H,2,12-15H2,1H3. The van der Waals surface area contributed by atoms with Gasteiger partial charge in [-0.25, -0.2) is 0 Å². The van der Waals surface area contributed by atoms with Crippen LogP contribution < -0.4 is 9.64 Å². The molecule has 0 aliphatic carbocycles. The number of hydrogen-bond acceptors (Lipinski definition) is 3. The monoisotopic (exact) mass is 442 g/mol. The fourth-order valence-corrected chi connectivity index (χ4v) is 3.98. The van der Waals surface area contributed by atoms with Crippen LogP contribution in [0.15, 0.2) is 66.7 Å². The minimum Gasteiger partial charge on any atom is -0.481 e. The van der Waals surface area contributed by atoms with E-state index >= 15 is 0 Å². The highest BCUT2D eigenvalue weighted by Crippen LogP contribution is 2.32. The third kappa shape index (κ3) is 4.82. The van der Waals surface area contributed by atoms with Crippen LogP contribution in [0, 0.1) is 0 Å². The molecule has 4 rings (SSSR count). The summed E-state index contributed by atoms with van der Waals surface area (Å²) in [5, 5.41) is 2.15. The fraction of sp³-hybridized carbons (Fsp3) is 0.320. The number of hydrogen-bond donors (Lipinski definition) is 0. The summed E-state index contributed by atoms with van der Waals surface area (Å²) in [6.45, 7) is 3.72. The average molecular weight is 442 g/mol. The molecule has 1 unspecified atom stereocenters. The van der Waals surface area contributed by atoms with Crippen molar-refractivity contribution >= 4 is 22.4 Å². The zero-order valence-corrected chi connectivity index (χ0v) is 17.8. The lowest BCUT2D eigenvalue weighted by Gasteiger charge is -2.37. The number of fused-ring (bicyclic) bond motifs is 1. The van der Waals surface area contributed by atoms with E-state index in [1.54, 1.807) is 11.0 Å². The van der Waals surface area contributed by atoms with Gasteiger partial charge in [0, 0.05) is 31.9 Å². The summed E-state index contributed by atoms with van der Waals surface area (Å²) in [5.74, 6) is 0.552. The highest BCUT2D eigenvalue weighted by molar-refractivity contribution is 5.84. The maximum Gasteiger partial charge on any atom is 0.416 e. The third-order valence-electron chi connectivity index (χ3n) is 5.78. The van der Waals surface area contributed by atoms with Gasteiger partial charge in [-0.1, -0.05) is 43.3 Å². The third-order valence-corrected chi connectivity index (χ3v) is 5.78. The van der Waals surface area contributed by atoms with E-state index < -0.39 is 17.8 Å². The quantitative estimate of drug-likeness (QED) is 0.533. The average Bonchev–Trinajstić information content (AvgIpc) is 2.81. The molecular formula is C25H25F3N2O2. The molecule has 1 amide bonds. The zero-order chi connectivity index (χ0) is 22.7. The number of anilines is 1. The smallest absolute Gasteiger partial charge is 0.416 e. The molecule has 1 aliphatic rings. The maximum absolute atomic E-state index is 13.1. The SMILES string of the molecule is CCC(Oc1ccc2ccccc2c1)C(=O)N1CCN(c2cccc(C(F)(F)F)c2)CC1. The molecule has 1 saturated heterocycles. The summed E-state index contributed by atoms with van der Waals surface area (Å²) in [7, 11) is 0. The summed E-state index contributed by atoms with van der Waals surface area (Å²) in [6, 6.07) is 19.0. The number of carbonyl (C=O) groups is 1.